The first-order chi connectivity index (χ1) is 10.7. The van der Waals surface area contributed by atoms with Crippen LogP contribution in [0.1, 0.15) is 70.4 Å². The van der Waals surface area contributed by atoms with E-state index in [0.29, 0.717) is 0 Å². The molecule has 0 heterocycles. The molecule has 1 heteroatoms. The van der Waals surface area contributed by atoms with E-state index >= 15 is 0 Å². The normalized spacial score (nSPS) is 12.3. The Morgan fingerprint density at radius 3 is 2.00 bits per heavy atom. The Balaban J connectivity index is 2.52. The summed E-state index contributed by atoms with van der Waals surface area (Å²) < 4.78 is 0. The van der Waals surface area contributed by atoms with E-state index in [0.717, 1.165) is 0 Å². The summed E-state index contributed by atoms with van der Waals surface area (Å²) in [5, 5.41) is 0. The Hall–Kier alpha value is -0.610. The van der Waals surface area contributed by atoms with Crippen LogP contribution >= 0.6 is 7.26 Å². The van der Waals surface area contributed by atoms with Crippen LogP contribution in [0.3, 0.4) is 0 Å². The summed E-state index contributed by atoms with van der Waals surface area (Å²) in [6.07, 6.45) is 16.2. The van der Waals surface area contributed by atoms with E-state index < -0.39 is 7.26 Å². The molecule has 0 nitrogen and oxygen atoms in total. The number of benzene rings is 1. The standard InChI is InChI=1S/C21H37P/c1-5-9-10-11-12-13-18-22(7-3,8-4)19-21-16-14-20(6-2)15-17-21/h6,14-17,22H,2,5,7-13,18-19H2,1,3-4H3. The van der Waals surface area contributed by atoms with Gasteiger partial charge in [-0.3, -0.25) is 0 Å². The van der Waals surface area contributed by atoms with Crippen molar-refractivity contribution in [3.63, 3.8) is 0 Å². The van der Waals surface area contributed by atoms with Crippen molar-refractivity contribution in [3.05, 3.63) is 42.0 Å². The van der Waals surface area contributed by atoms with Crippen molar-refractivity contribution in [1.29, 1.82) is 0 Å². The number of hydrogen-bond donors (Lipinski definition) is 0. The van der Waals surface area contributed by atoms with Gasteiger partial charge in [0.2, 0.25) is 0 Å². The van der Waals surface area contributed by atoms with Gasteiger partial charge in [0.15, 0.2) is 0 Å². The van der Waals surface area contributed by atoms with Gasteiger partial charge in [0.1, 0.15) is 0 Å². The maximum absolute atomic E-state index is 3.85. The maximum atomic E-state index is 3.85. The van der Waals surface area contributed by atoms with Gasteiger partial charge in [0.05, 0.1) is 0 Å². The molecule has 0 bridgehead atoms. The van der Waals surface area contributed by atoms with Gasteiger partial charge in [-0.25, -0.2) is 0 Å². The van der Waals surface area contributed by atoms with Crippen LogP contribution < -0.4 is 0 Å². The second kappa shape index (κ2) is 11.0. The van der Waals surface area contributed by atoms with Crippen LogP contribution in [0.15, 0.2) is 30.8 Å². The zero-order chi connectivity index (χ0) is 16.3. The Kier molecular flexibility index (Phi) is 9.73. The van der Waals surface area contributed by atoms with Gasteiger partial charge in [-0.15, -0.1) is 0 Å². The van der Waals surface area contributed by atoms with E-state index in [2.05, 4.69) is 51.6 Å². The zero-order valence-corrected chi connectivity index (χ0v) is 16.2. The fourth-order valence-electron chi connectivity index (χ4n) is 3.43. The third-order valence-corrected chi connectivity index (χ3v) is 10.9. The van der Waals surface area contributed by atoms with Gasteiger partial charge < -0.3 is 0 Å². The summed E-state index contributed by atoms with van der Waals surface area (Å²) in [4.78, 5) is 0. The number of unbranched alkanes of at least 4 members (excludes halogenated alkanes) is 5. The Bertz CT molecular complexity index is 400. The van der Waals surface area contributed by atoms with E-state index in [1.165, 1.54) is 68.7 Å². The van der Waals surface area contributed by atoms with E-state index in [1.54, 1.807) is 5.56 Å². The molecule has 0 aliphatic carbocycles. The van der Waals surface area contributed by atoms with Crippen molar-refractivity contribution in [2.24, 2.45) is 0 Å². The summed E-state index contributed by atoms with van der Waals surface area (Å²) in [5.74, 6) is 0. The molecule has 1 aromatic rings. The molecule has 0 aromatic heterocycles. The van der Waals surface area contributed by atoms with Crippen LogP contribution in [-0.2, 0) is 6.16 Å². The summed E-state index contributed by atoms with van der Waals surface area (Å²) in [7, 11) is -1.11. The van der Waals surface area contributed by atoms with E-state index in [1.807, 2.05) is 6.08 Å². The van der Waals surface area contributed by atoms with Crippen molar-refractivity contribution >= 4 is 13.3 Å². The minimum atomic E-state index is -1.11. The molecule has 0 saturated carbocycles. The van der Waals surface area contributed by atoms with Crippen LogP contribution in [-0.4, -0.2) is 18.5 Å². The molecule has 0 unspecified atom stereocenters. The topological polar surface area (TPSA) is 0 Å². The first-order valence-electron chi connectivity index (χ1n) is 9.41. The molecular weight excluding hydrogens is 283 g/mol. The molecule has 0 saturated heterocycles. The molecule has 22 heavy (non-hydrogen) atoms. The first-order valence-corrected chi connectivity index (χ1v) is 12.2. The fraction of sp³-hybridized carbons (Fsp3) is 0.619. The third kappa shape index (κ3) is 6.66. The second-order valence-electron chi connectivity index (χ2n) is 6.85. The van der Waals surface area contributed by atoms with Crippen LogP contribution in [0.25, 0.3) is 6.08 Å². The summed E-state index contributed by atoms with van der Waals surface area (Å²) in [5.41, 5.74) is 2.78. The van der Waals surface area contributed by atoms with Crippen molar-refractivity contribution in [1.82, 2.24) is 0 Å². The third-order valence-electron chi connectivity index (χ3n) is 5.36. The van der Waals surface area contributed by atoms with Crippen LogP contribution in [0.2, 0.25) is 0 Å². The van der Waals surface area contributed by atoms with E-state index in [9.17, 15) is 0 Å². The summed E-state index contributed by atoms with van der Waals surface area (Å²) in [6, 6.07) is 9.09. The second-order valence-corrected chi connectivity index (χ2v) is 12.1. The predicted octanol–water partition coefficient (Wildman–Crippen LogP) is 6.98. The number of hydrogen-bond acceptors (Lipinski definition) is 0. The first kappa shape index (κ1) is 19.4. The molecule has 0 aliphatic heterocycles. The van der Waals surface area contributed by atoms with Crippen molar-refractivity contribution in [2.75, 3.05) is 18.5 Å². The molecule has 126 valence electrons. The van der Waals surface area contributed by atoms with E-state index in [-0.39, 0.29) is 0 Å². The molecule has 1 aromatic carbocycles. The Labute approximate surface area is 139 Å². The van der Waals surface area contributed by atoms with Gasteiger partial charge in [-0.1, -0.05) is 0 Å². The molecule has 0 aliphatic rings. The molecule has 0 amide bonds. The van der Waals surface area contributed by atoms with Gasteiger partial charge in [0.25, 0.3) is 0 Å². The average Bonchev–Trinajstić information content (AvgIpc) is 2.57. The fourth-order valence-corrected chi connectivity index (χ4v) is 7.41. The Morgan fingerprint density at radius 1 is 0.864 bits per heavy atom. The zero-order valence-electron chi connectivity index (χ0n) is 15.2. The van der Waals surface area contributed by atoms with Gasteiger partial charge in [-0.05, 0) is 0 Å². The molecule has 0 N–H and O–H groups in total. The molecular formula is C21H37P. The van der Waals surface area contributed by atoms with Crippen molar-refractivity contribution in [2.45, 2.75) is 65.5 Å². The van der Waals surface area contributed by atoms with Gasteiger partial charge in [-0.2, -0.15) is 0 Å². The molecule has 0 spiro atoms. The molecule has 1 rings (SSSR count). The summed E-state index contributed by atoms with van der Waals surface area (Å²) >= 11 is 0. The average molecular weight is 321 g/mol. The minimum absolute atomic E-state index is 1.11. The Morgan fingerprint density at radius 2 is 1.45 bits per heavy atom. The van der Waals surface area contributed by atoms with Crippen molar-refractivity contribution in [3.8, 4) is 0 Å². The molecule has 0 atom stereocenters. The van der Waals surface area contributed by atoms with Gasteiger partial charge >= 0.3 is 139 Å². The molecule has 0 fully saturated rings. The van der Waals surface area contributed by atoms with Crippen LogP contribution in [0.4, 0.5) is 0 Å². The van der Waals surface area contributed by atoms with Crippen LogP contribution in [0, 0.1) is 0 Å². The monoisotopic (exact) mass is 320 g/mol. The number of rotatable bonds is 12. The van der Waals surface area contributed by atoms with E-state index in [4.69, 9.17) is 0 Å². The molecule has 0 radical (unpaired) electrons. The summed E-state index contributed by atoms with van der Waals surface area (Å²) in [6.45, 7) is 11.0. The van der Waals surface area contributed by atoms with Crippen molar-refractivity contribution < 1.29 is 0 Å². The predicted molar refractivity (Wildman–Crippen MR) is 108 cm³/mol. The van der Waals surface area contributed by atoms with Gasteiger partial charge in [0, 0.05) is 0 Å². The quantitative estimate of drug-likeness (QED) is 0.288. The SMILES string of the molecule is C=Cc1ccc(C[PH](CC)(CC)CCCCCCCC)cc1. The van der Waals surface area contributed by atoms with Crippen LogP contribution in [0.5, 0.6) is 0 Å².